The van der Waals surface area contributed by atoms with Gasteiger partial charge in [-0.25, -0.2) is 17.2 Å². The van der Waals surface area contributed by atoms with Gasteiger partial charge < -0.3 is 9.84 Å². The standard InChI is InChI=1S/C20H13F2N3O4S2/c21-15-8-7-14(10-16(15)22)31(27,28)25-13-5-3-12(4-6-13)23-20(26)17-11-18(29-24-17)19-2-1-9-30-19/h1-11,25H,(H,23,26). The van der Waals surface area contributed by atoms with Gasteiger partial charge in [0.1, 0.15) is 0 Å². The van der Waals surface area contributed by atoms with Crippen LogP contribution in [0, 0.1) is 11.6 Å². The zero-order valence-electron chi connectivity index (χ0n) is 15.5. The number of halogens is 2. The average Bonchev–Trinajstić information content (AvgIpc) is 3.43. The highest BCUT2D eigenvalue weighted by molar-refractivity contribution is 7.92. The Morgan fingerprint density at radius 3 is 2.39 bits per heavy atom. The van der Waals surface area contributed by atoms with Crippen LogP contribution in [0.2, 0.25) is 0 Å². The van der Waals surface area contributed by atoms with Gasteiger partial charge in [0.2, 0.25) is 0 Å². The van der Waals surface area contributed by atoms with Crippen molar-refractivity contribution in [1.82, 2.24) is 5.16 Å². The van der Waals surface area contributed by atoms with Crippen molar-refractivity contribution < 1.29 is 26.5 Å². The molecule has 7 nitrogen and oxygen atoms in total. The van der Waals surface area contributed by atoms with Gasteiger partial charge in [0.15, 0.2) is 23.1 Å². The normalized spacial score (nSPS) is 11.3. The Kier molecular flexibility index (Phi) is 5.53. The first-order valence-corrected chi connectivity index (χ1v) is 11.1. The van der Waals surface area contributed by atoms with Crippen LogP contribution in [0.4, 0.5) is 20.2 Å². The Morgan fingerprint density at radius 1 is 0.968 bits per heavy atom. The van der Waals surface area contributed by atoms with Gasteiger partial charge in [-0.2, -0.15) is 0 Å². The first-order chi connectivity index (χ1) is 14.8. The van der Waals surface area contributed by atoms with Gasteiger partial charge in [0.25, 0.3) is 15.9 Å². The highest BCUT2D eigenvalue weighted by Crippen LogP contribution is 2.25. The number of thiophene rings is 1. The second kappa shape index (κ2) is 8.28. The zero-order chi connectivity index (χ0) is 22.0. The smallest absolute Gasteiger partial charge is 0.277 e. The lowest BCUT2D eigenvalue weighted by atomic mass is 10.2. The molecule has 0 aliphatic rings. The highest BCUT2D eigenvalue weighted by atomic mass is 32.2. The molecule has 0 saturated carbocycles. The third-order valence-electron chi connectivity index (χ3n) is 4.10. The van der Waals surface area contributed by atoms with Crippen molar-refractivity contribution in [3.05, 3.63) is 83.4 Å². The van der Waals surface area contributed by atoms with Crippen molar-refractivity contribution in [2.24, 2.45) is 0 Å². The number of rotatable bonds is 6. The molecule has 0 aliphatic heterocycles. The summed E-state index contributed by atoms with van der Waals surface area (Å²) in [5.74, 6) is -2.44. The Morgan fingerprint density at radius 2 is 1.71 bits per heavy atom. The van der Waals surface area contributed by atoms with Crippen molar-refractivity contribution in [3.63, 3.8) is 0 Å². The molecule has 4 rings (SSSR count). The summed E-state index contributed by atoms with van der Waals surface area (Å²) in [6.45, 7) is 0. The number of hydrogen-bond donors (Lipinski definition) is 2. The maximum atomic E-state index is 13.3. The van der Waals surface area contributed by atoms with Crippen LogP contribution >= 0.6 is 11.3 Å². The van der Waals surface area contributed by atoms with Crippen molar-refractivity contribution >= 4 is 38.6 Å². The maximum Gasteiger partial charge on any atom is 0.277 e. The number of carbonyl (C=O) groups excluding carboxylic acids is 1. The first-order valence-electron chi connectivity index (χ1n) is 8.72. The molecule has 2 aromatic heterocycles. The largest absolute Gasteiger partial charge is 0.355 e. The van der Waals surface area contributed by atoms with Crippen molar-refractivity contribution in [2.75, 3.05) is 10.0 Å². The van der Waals surface area contributed by atoms with E-state index >= 15 is 0 Å². The topological polar surface area (TPSA) is 101 Å². The molecule has 0 aliphatic carbocycles. The van der Waals surface area contributed by atoms with Gasteiger partial charge >= 0.3 is 0 Å². The van der Waals surface area contributed by atoms with E-state index in [-0.39, 0.29) is 11.4 Å². The molecule has 2 N–H and O–H groups in total. The fraction of sp³-hybridized carbons (Fsp3) is 0. The summed E-state index contributed by atoms with van der Waals surface area (Å²) in [6, 6.07) is 13.3. The lowest BCUT2D eigenvalue weighted by Gasteiger charge is -2.09. The summed E-state index contributed by atoms with van der Waals surface area (Å²) in [4.78, 5) is 12.8. The predicted octanol–water partition coefficient (Wildman–Crippen LogP) is 4.73. The number of carbonyl (C=O) groups is 1. The number of anilines is 2. The van der Waals surface area contributed by atoms with E-state index in [1.54, 1.807) is 0 Å². The summed E-state index contributed by atoms with van der Waals surface area (Å²) < 4.78 is 58.4. The van der Waals surface area contributed by atoms with E-state index < -0.39 is 32.5 Å². The second-order valence-electron chi connectivity index (χ2n) is 6.27. The minimum atomic E-state index is -4.12. The maximum absolute atomic E-state index is 13.3. The molecule has 0 saturated heterocycles. The molecule has 0 fully saturated rings. The molecule has 0 spiro atoms. The van der Waals surface area contributed by atoms with Gasteiger partial charge in [0, 0.05) is 17.4 Å². The van der Waals surface area contributed by atoms with E-state index in [4.69, 9.17) is 4.52 Å². The number of hydrogen-bond acceptors (Lipinski definition) is 6. The molecule has 2 aromatic carbocycles. The lowest BCUT2D eigenvalue weighted by Crippen LogP contribution is -2.14. The molecule has 0 bridgehead atoms. The fourth-order valence-electron chi connectivity index (χ4n) is 2.59. The van der Waals surface area contributed by atoms with Crippen LogP contribution in [0.25, 0.3) is 10.6 Å². The molecule has 0 atom stereocenters. The number of aromatic nitrogens is 1. The zero-order valence-corrected chi connectivity index (χ0v) is 17.1. The molecule has 4 aromatic rings. The molecule has 1 amide bonds. The van der Waals surface area contributed by atoms with Gasteiger partial charge in [-0.05, 0) is 53.9 Å². The third-order valence-corrected chi connectivity index (χ3v) is 6.37. The average molecular weight is 461 g/mol. The summed E-state index contributed by atoms with van der Waals surface area (Å²) in [5, 5.41) is 8.25. The lowest BCUT2D eigenvalue weighted by molar-refractivity contribution is 0.101. The molecular weight excluding hydrogens is 448 g/mol. The Hall–Kier alpha value is -3.57. The molecule has 11 heteroatoms. The van der Waals surface area contributed by atoms with Crippen LogP contribution in [0.15, 0.2) is 75.5 Å². The van der Waals surface area contributed by atoms with Crippen LogP contribution in [0.5, 0.6) is 0 Å². The molecule has 0 radical (unpaired) electrons. The van der Waals surface area contributed by atoms with E-state index in [0.29, 0.717) is 17.5 Å². The quantitative estimate of drug-likeness (QED) is 0.432. The van der Waals surface area contributed by atoms with Crippen LogP contribution in [0.1, 0.15) is 10.5 Å². The van der Waals surface area contributed by atoms with Gasteiger partial charge in [-0.15, -0.1) is 11.3 Å². The fourth-order valence-corrected chi connectivity index (χ4v) is 4.34. The Balaban J connectivity index is 1.43. The summed E-state index contributed by atoms with van der Waals surface area (Å²) in [7, 11) is -4.12. The summed E-state index contributed by atoms with van der Waals surface area (Å²) >= 11 is 1.45. The minimum Gasteiger partial charge on any atom is -0.355 e. The van der Waals surface area contributed by atoms with Gasteiger partial charge in [-0.3, -0.25) is 9.52 Å². The molecule has 158 valence electrons. The third kappa shape index (κ3) is 4.62. The van der Waals surface area contributed by atoms with E-state index in [0.717, 1.165) is 17.0 Å². The van der Waals surface area contributed by atoms with Crippen molar-refractivity contribution in [3.8, 4) is 10.6 Å². The molecular formula is C20H13F2N3O4S2. The SMILES string of the molecule is O=C(Nc1ccc(NS(=O)(=O)c2ccc(F)c(F)c2)cc1)c1cc(-c2cccs2)on1. The molecule has 2 heterocycles. The van der Waals surface area contributed by atoms with Crippen LogP contribution in [-0.4, -0.2) is 19.5 Å². The highest BCUT2D eigenvalue weighted by Gasteiger charge is 2.17. The number of amides is 1. The van der Waals surface area contributed by atoms with Crippen LogP contribution in [-0.2, 0) is 10.0 Å². The van der Waals surface area contributed by atoms with E-state index in [1.807, 2.05) is 17.5 Å². The van der Waals surface area contributed by atoms with E-state index in [2.05, 4.69) is 15.2 Å². The number of nitrogens with zero attached hydrogens (tertiary/aromatic N) is 1. The van der Waals surface area contributed by atoms with E-state index in [9.17, 15) is 22.0 Å². The summed E-state index contributed by atoms with van der Waals surface area (Å²) in [5.41, 5.74) is 0.650. The number of benzene rings is 2. The van der Waals surface area contributed by atoms with Gasteiger partial charge in [-0.1, -0.05) is 11.2 Å². The second-order valence-corrected chi connectivity index (χ2v) is 8.90. The van der Waals surface area contributed by atoms with Crippen LogP contribution in [0.3, 0.4) is 0 Å². The summed E-state index contributed by atoms with van der Waals surface area (Å²) in [6.07, 6.45) is 0. The predicted molar refractivity (Wildman–Crippen MR) is 111 cm³/mol. The Labute approximate surface area is 179 Å². The van der Waals surface area contributed by atoms with Gasteiger partial charge in [0.05, 0.1) is 9.77 Å². The van der Waals surface area contributed by atoms with Crippen LogP contribution < -0.4 is 10.0 Å². The first kappa shape index (κ1) is 20.7. The Bertz CT molecular complexity index is 1340. The van der Waals surface area contributed by atoms with Crippen molar-refractivity contribution in [2.45, 2.75) is 4.90 Å². The number of sulfonamides is 1. The molecule has 0 unspecified atom stereocenters. The van der Waals surface area contributed by atoms with Crippen molar-refractivity contribution in [1.29, 1.82) is 0 Å². The molecule has 31 heavy (non-hydrogen) atoms. The number of nitrogens with one attached hydrogen (secondary N) is 2. The van der Waals surface area contributed by atoms with E-state index in [1.165, 1.54) is 41.7 Å². The minimum absolute atomic E-state index is 0.0894. The monoisotopic (exact) mass is 461 g/mol.